The molecule has 19 heavy (non-hydrogen) atoms. The molecule has 108 valence electrons. The molecule has 1 atom stereocenters. The van der Waals surface area contributed by atoms with Crippen LogP contribution in [0.5, 0.6) is 5.75 Å². The summed E-state index contributed by atoms with van der Waals surface area (Å²) in [6.45, 7) is 2.70. The van der Waals surface area contributed by atoms with Crippen molar-refractivity contribution in [1.29, 1.82) is 0 Å². The van der Waals surface area contributed by atoms with Crippen LogP contribution < -0.4 is 4.18 Å². The summed E-state index contributed by atoms with van der Waals surface area (Å²) < 4.78 is 81.0. The molecule has 0 heterocycles. The van der Waals surface area contributed by atoms with E-state index in [1.165, 1.54) is 18.2 Å². The SMILES string of the molecule is C=NS(=O)[O-].O=S(=O)(Oc1ccccc1)C(F)(F)F. The van der Waals surface area contributed by atoms with E-state index in [0.717, 1.165) is 12.1 Å². The fourth-order valence-corrected chi connectivity index (χ4v) is 1.11. The maximum atomic E-state index is 11.8. The summed E-state index contributed by atoms with van der Waals surface area (Å²) in [5.74, 6) is -0.371. The lowest BCUT2D eigenvalue weighted by atomic mass is 10.3. The Morgan fingerprint density at radius 1 is 1.26 bits per heavy atom. The third-order valence-electron chi connectivity index (χ3n) is 1.34. The summed E-state index contributed by atoms with van der Waals surface area (Å²) in [7, 11) is -5.55. The Balaban J connectivity index is 0.000000555. The van der Waals surface area contributed by atoms with E-state index in [0.29, 0.717) is 0 Å². The monoisotopic (exact) mass is 318 g/mol. The summed E-state index contributed by atoms with van der Waals surface area (Å²) in [5, 5.41) is 0. The molecule has 1 rings (SSSR count). The van der Waals surface area contributed by atoms with Gasteiger partial charge in [0.25, 0.3) is 0 Å². The molecule has 0 aliphatic carbocycles. The van der Waals surface area contributed by atoms with Crippen molar-refractivity contribution in [3.8, 4) is 5.75 Å². The van der Waals surface area contributed by atoms with Gasteiger partial charge in [-0.15, -0.1) is 0 Å². The second kappa shape index (κ2) is 7.21. The van der Waals surface area contributed by atoms with E-state index < -0.39 is 26.9 Å². The van der Waals surface area contributed by atoms with Gasteiger partial charge >= 0.3 is 15.6 Å². The average Bonchev–Trinajstić information content (AvgIpc) is 2.29. The first-order valence-corrected chi connectivity index (χ1v) is 6.66. The first-order chi connectivity index (χ1) is 8.60. The molecule has 1 aromatic rings. The molecule has 0 saturated heterocycles. The highest BCUT2D eigenvalue weighted by molar-refractivity contribution is 7.88. The molecule has 0 aromatic heterocycles. The molecule has 0 spiro atoms. The van der Waals surface area contributed by atoms with Crippen molar-refractivity contribution in [2.75, 3.05) is 0 Å². The highest BCUT2D eigenvalue weighted by Gasteiger charge is 2.48. The lowest BCUT2D eigenvalue weighted by Crippen LogP contribution is -2.27. The summed E-state index contributed by atoms with van der Waals surface area (Å²) >= 11 is -2.31. The number of hydrogen-bond acceptors (Lipinski definition) is 5. The maximum Gasteiger partial charge on any atom is 0.534 e. The van der Waals surface area contributed by atoms with E-state index >= 15 is 0 Å². The van der Waals surface area contributed by atoms with Crippen molar-refractivity contribution in [2.45, 2.75) is 5.51 Å². The van der Waals surface area contributed by atoms with Crippen molar-refractivity contribution in [2.24, 2.45) is 4.40 Å². The van der Waals surface area contributed by atoms with Crippen molar-refractivity contribution < 1.29 is 34.5 Å². The van der Waals surface area contributed by atoms with Gasteiger partial charge in [0.05, 0.1) is 11.3 Å². The Morgan fingerprint density at radius 2 is 1.68 bits per heavy atom. The van der Waals surface area contributed by atoms with E-state index in [2.05, 4.69) is 15.3 Å². The smallest absolute Gasteiger partial charge is 0.534 e. The largest absolute Gasteiger partial charge is 0.754 e. The van der Waals surface area contributed by atoms with E-state index in [1.807, 2.05) is 0 Å². The number of rotatable bonds is 3. The molecule has 0 N–H and O–H groups in total. The number of para-hydroxylation sites is 1. The molecule has 11 heteroatoms. The highest BCUT2D eigenvalue weighted by atomic mass is 32.2. The first-order valence-electron chi connectivity index (χ1n) is 4.22. The van der Waals surface area contributed by atoms with Gasteiger partial charge < -0.3 is 8.74 Å². The maximum absolute atomic E-state index is 11.8. The Bertz CT molecular complexity index is 529. The van der Waals surface area contributed by atoms with Crippen LogP contribution in [0.1, 0.15) is 0 Å². The van der Waals surface area contributed by atoms with Gasteiger partial charge in [-0.1, -0.05) is 18.2 Å². The molecular weight excluding hydrogens is 311 g/mol. The van der Waals surface area contributed by atoms with Crippen molar-refractivity contribution in [1.82, 2.24) is 0 Å². The Kier molecular flexibility index (Phi) is 6.65. The number of nitrogens with zero attached hydrogens (tertiary/aromatic N) is 1. The molecule has 0 radical (unpaired) electrons. The molecule has 0 fully saturated rings. The van der Waals surface area contributed by atoms with Gasteiger partial charge in [0.15, 0.2) is 0 Å². The van der Waals surface area contributed by atoms with E-state index in [4.69, 9.17) is 8.76 Å². The zero-order valence-corrected chi connectivity index (χ0v) is 10.7. The van der Waals surface area contributed by atoms with E-state index in [-0.39, 0.29) is 5.75 Å². The van der Waals surface area contributed by atoms with Gasteiger partial charge in [-0.05, 0) is 12.1 Å². The molecule has 0 saturated carbocycles. The number of hydrogen-bond donors (Lipinski definition) is 0. The van der Waals surface area contributed by atoms with Crippen LogP contribution in [0.4, 0.5) is 13.2 Å². The average molecular weight is 318 g/mol. The van der Waals surface area contributed by atoms with Crippen LogP contribution in [-0.4, -0.2) is 29.4 Å². The fraction of sp³-hybridized carbons (Fsp3) is 0.125. The molecule has 1 aromatic carbocycles. The highest BCUT2D eigenvalue weighted by Crippen LogP contribution is 2.26. The predicted octanol–water partition coefficient (Wildman–Crippen LogP) is 1.40. The van der Waals surface area contributed by atoms with Gasteiger partial charge in [0.2, 0.25) is 0 Å². The lowest BCUT2D eigenvalue weighted by molar-refractivity contribution is -0.0500. The fourth-order valence-electron chi connectivity index (χ4n) is 0.650. The van der Waals surface area contributed by atoms with Gasteiger partial charge in [-0.25, -0.2) is 4.40 Å². The van der Waals surface area contributed by atoms with Crippen molar-refractivity contribution in [3.63, 3.8) is 0 Å². The molecule has 6 nitrogen and oxygen atoms in total. The summed E-state index contributed by atoms with van der Waals surface area (Å²) in [6.07, 6.45) is 0. The van der Waals surface area contributed by atoms with Crippen LogP contribution in [0, 0.1) is 0 Å². The van der Waals surface area contributed by atoms with Crippen LogP contribution in [-0.2, 0) is 21.4 Å². The Hall–Kier alpha value is -1.46. The summed E-state index contributed by atoms with van der Waals surface area (Å²) in [6, 6.07) is 6.47. The minimum Gasteiger partial charge on any atom is -0.754 e. The third-order valence-corrected chi connectivity index (χ3v) is 2.53. The quantitative estimate of drug-likeness (QED) is 0.363. The normalized spacial score (nSPS) is 12.8. The predicted molar refractivity (Wildman–Crippen MR) is 60.5 cm³/mol. The van der Waals surface area contributed by atoms with Crippen LogP contribution in [0.25, 0.3) is 0 Å². The van der Waals surface area contributed by atoms with E-state index in [9.17, 15) is 21.6 Å². The Morgan fingerprint density at radius 3 is 2.00 bits per heavy atom. The molecule has 1 unspecified atom stereocenters. The number of alkyl halides is 3. The van der Waals surface area contributed by atoms with Crippen LogP contribution in [0.15, 0.2) is 34.7 Å². The zero-order chi connectivity index (χ0) is 15.1. The molecular formula is C8H7F3NO5S2-. The van der Waals surface area contributed by atoms with Crippen molar-refractivity contribution >= 4 is 28.1 Å². The number of benzene rings is 1. The number of halogens is 3. The van der Waals surface area contributed by atoms with Crippen LogP contribution in [0.2, 0.25) is 0 Å². The molecule has 0 aliphatic heterocycles. The second-order valence-electron chi connectivity index (χ2n) is 2.64. The van der Waals surface area contributed by atoms with Crippen molar-refractivity contribution in [3.05, 3.63) is 30.3 Å². The van der Waals surface area contributed by atoms with Crippen LogP contribution >= 0.6 is 0 Å². The van der Waals surface area contributed by atoms with Gasteiger partial charge in [0.1, 0.15) is 5.75 Å². The second-order valence-corrected chi connectivity index (χ2v) is 4.87. The molecule has 0 aliphatic rings. The summed E-state index contributed by atoms with van der Waals surface area (Å²) in [4.78, 5) is 0. The zero-order valence-electron chi connectivity index (χ0n) is 9.03. The van der Waals surface area contributed by atoms with Gasteiger partial charge in [-0.3, -0.25) is 4.21 Å². The summed E-state index contributed by atoms with van der Waals surface area (Å²) in [5.41, 5.74) is -5.40. The minimum absolute atomic E-state index is 0.371. The lowest BCUT2D eigenvalue weighted by Gasteiger charge is -2.08. The Labute approximate surface area is 109 Å². The molecule has 0 bridgehead atoms. The standard InChI is InChI=1S/C7H5F3O3S.CH3NO2S/c8-7(9,10)14(11,12)13-6-4-2-1-3-5-6;1-2-5(3)4/h1-5H;1H2,(H,3,4)/p-1. The van der Waals surface area contributed by atoms with E-state index in [1.54, 1.807) is 0 Å². The van der Waals surface area contributed by atoms with Gasteiger partial charge in [0, 0.05) is 6.72 Å². The minimum atomic E-state index is -5.55. The molecule has 0 amide bonds. The topological polar surface area (TPSA) is 95.9 Å². The first kappa shape index (κ1) is 17.5. The third kappa shape index (κ3) is 6.88. The van der Waals surface area contributed by atoms with Crippen LogP contribution in [0.3, 0.4) is 0 Å². The van der Waals surface area contributed by atoms with Gasteiger partial charge in [-0.2, -0.15) is 21.6 Å².